The summed E-state index contributed by atoms with van der Waals surface area (Å²) >= 11 is 0. The highest BCUT2D eigenvalue weighted by Crippen LogP contribution is 2.28. The van der Waals surface area contributed by atoms with E-state index < -0.39 is 12.3 Å². The molecule has 10 heteroatoms. The monoisotopic (exact) mass is 352 g/mol. The summed E-state index contributed by atoms with van der Waals surface area (Å²) in [6.45, 7) is 1.84. The van der Waals surface area contributed by atoms with Crippen LogP contribution in [0.25, 0.3) is 22.2 Å². The molecule has 2 heterocycles. The van der Waals surface area contributed by atoms with Gasteiger partial charge in [-0.05, 0) is 30.5 Å². The molecule has 7 nitrogen and oxygen atoms in total. The quantitative estimate of drug-likeness (QED) is 0.726. The van der Waals surface area contributed by atoms with Crippen LogP contribution in [0.3, 0.4) is 0 Å². The molecule has 0 bridgehead atoms. The van der Waals surface area contributed by atoms with Crippen LogP contribution in [0.4, 0.5) is 13.2 Å². The van der Waals surface area contributed by atoms with E-state index >= 15 is 0 Å². The minimum atomic E-state index is -4.77. The number of nitrogens with zero attached hydrogens (tertiary/aromatic N) is 3. The number of H-pyrrole nitrogens is 1. The van der Waals surface area contributed by atoms with E-state index in [0.717, 1.165) is 0 Å². The van der Waals surface area contributed by atoms with Gasteiger partial charge in [-0.3, -0.25) is 4.98 Å². The van der Waals surface area contributed by atoms with Gasteiger partial charge in [-0.2, -0.15) is 10.3 Å². The molecule has 0 fully saturated rings. The molecule has 130 valence electrons. The molecule has 0 amide bonds. The van der Waals surface area contributed by atoms with Gasteiger partial charge in [0.1, 0.15) is 11.4 Å². The van der Waals surface area contributed by atoms with Crippen LogP contribution in [0.2, 0.25) is 0 Å². The number of carbonyl (C=O) groups is 1. The zero-order valence-corrected chi connectivity index (χ0v) is 12.8. The number of rotatable bonds is 4. The van der Waals surface area contributed by atoms with E-state index in [2.05, 4.69) is 25.1 Å². The van der Waals surface area contributed by atoms with E-state index in [1.807, 2.05) is 0 Å². The lowest BCUT2D eigenvalue weighted by atomic mass is 10.1. The Hall–Kier alpha value is -3.17. The molecule has 0 unspecified atom stereocenters. The molecule has 25 heavy (non-hydrogen) atoms. The summed E-state index contributed by atoms with van der Waals surface area (Å²) in [4.78, 5) is 16.0. The molecule has 0 atom stereocenters. The highest BCUT2D eigenvalue weighted by molar-refractivity contribution is 5.95. The fourth-order valence-electron chi connectivity index (χ4n) is 2.20. The van der Waals surface area contributed by atoms with Crippen molar-refractivity contribution in [1.82, 2.24) is 20.4 Å². The van der Waals surface area contributed by atoms with Crippen LogP contribution in [0, 0.1) is 0 Å². The van der Waals surface area contributed by atoms with Crippen molar-refractivity contribution in [2.24, 2.45) is 0 Å². The second kappa shape index (κ2) is 6.38. The number of ether oxygens (including phenoxy) is 2. The lowest BCUT2D eigenvalue weighted by molar-refractivity contribution is -0.274. The summed E-state index contributed by atoms with van der Waals surface area (Å²) in [5.74, 6) is -0.995. The summed E-state index contributed by atoms with van der Waals surface area (Å²) in [5.41, 5.74) is 0.496. The van der Waals surface area contributed by atoms with Crippen LogP contribution < -0.4 is 4.74 Å². The predicted molar refractivity (Wildman–Crippen MR) is 79.8 cm³/mol. The Morgan fingerprint density at radius 3 is 2.72 bits per heavy atom. The number of fused-ring (bicyclic) bond motifs is 1. The standard InChI is InChI=1S/C15H11F3N4O3/c1-2-24-14(23)13-12(20-22-21-13)11-6-8-3-4-10(25-15(16,17)18)5-9(8)7-19-11/h3-7H,2H2,1H3,(H,20,21,22). The Morgan fingerprint density at radius 2 is 2.00 bits per heavy atom. The third-order valence-corrected chi connectivity index (χ3v) is 3.19. The van der Waals surface area contributed by atoms with Crippen molar-refractivity contribution < 1.29 is 27.4 Å². The molecule has 3 aromatic rings. The second-order valence-corrected chi connectivity index (χ2v) is 4.87. The number of benzene rings is 1. The van der Waals surface area contributed by atoms with Crippen LogP contribution in [0.15, 0.2) is 30.5 Å². The van der Waals surface area contributed by atoms with Gasteiger partial charge in [0.2, 0.25) is 0 Å². The van der Waals surface area contributed by atoms with E-state index in [-0.39, 0.29) is 23.7 Å². The average molecular weight is 352 g/mol. The summed E-state index contributed by atoms with van der Waals surface area (Å²) < 4.78 is 45.6. The van der Waals surface area contributed by atoms with Crippen molar-refractivity contribution in [3.05, 3.63) is 36.2 Å². The van der Waals surface area contributed by atoms with Gasteiger partial charge < -0.3 is 9.47 Å². The van der Waals surface area contributed by atoms with Gasteiger partial charge in [-0.1, -0.05) is 6.07 Å². The van der Waals surface area contributed by atoms with E-state index in [1.54, 1.807) is 13.0 Å². The fraction of sp³-hybridized carbons (Fsp3) is 0.200. The Labute approximate surface area is 138 Å². The van der Waals surface area contributed by atoms with Gasteiger partial charge >= 0.3 is 12.3 Å². The highest BCUT2D eigenvalue weighted by Gasteiger charge is 2.31. The molecular weight excluding hydrogens is 341 g/mol. The normalized spacial score (nSPS) is 11.5. The minimum Gasteiger partial charge on any atom is -0.461 e. The van der Waals surface area contributed by atoms with E-state index in [0.29, 0.717) is 16.5 Å². The minimum absolute atomic E-state index is 0.0225. The smallest absolute Gasteiger partial charge is 0.461 e. The lowest BCUT2D eigenvalue weighted by Crippen LogP contribution is -2.16. The maximum Gasteiger partial charge on any atom is 0.573 e. The third-order valence-electron chi connectivity index (χ3n) is 3.19. The molecule has 0 spiro atoms. The number of nitrogens with one attached hydrogen (secondary N) is 1. The van der Waals surface area contributed by atoms with Crippen molar-refractivity contribution in [3.8, 4) is 17.1 Å². The Kier molecular flexibility index (Phi) is 4.26. The number of esters is 1. The van der Waals surface area contributed by atoms with E-state index in [4.69, 9.17) is 4.74 Å². The molecule has 0 saturated heterocycles. The van der Waals surface area contributed by atoms with E-state index in [9.17, 15) is 18.0 Å². The molecule has 0 aliphatic heterocycles. The van der Waals surface area contributed by atoms with Gasteiger partial charge in [0.05, 0.1) is 12.3 Å². The second-order valence-electron chi connectivity index (χ2n) is 4.87. The first-order chi connectivity index (χ1) is 11.9. The van der Waals surface area contributed by atoms with Gasteiger partial charge in [0, 0.05) is 11.6 Å². The number of carbonyl (C=O) groups excluding carboxylic acids is 1. The van der Waals surface area contributed by atoms with Crippen LogP contribution in [-0.2, 0) is 4.74 Å². The number of halogens is 3. The largest absolute Gasteiger partial charge is 0.573 e. The first-order valence-electron chi connectivity index (χ1n) is 7.11. The Morgan fingerprint density at radius 1 is 1.20 bits per heavy atom. The summed E-state index contributed by atoms with van der Waals surface area (Å²) in [6, 6.07) is 5.43. The number of aromatic amines is 1. The molecular formula is C15H11F3N4O3. The molecule has 0 radical (unpaired) electrons. The van der Waals surface area contributed by atoms with Crippen LogP contribution in [0.5, 0.6) is 5.75 Å². The summed E-state index contributed by atoms with van der Waals surface area (Å²) in [7, 11) is 0. The Bertz CT molecular complexity index is 924. The zero-order chi connectivity index (χ0) is 18.0. The topological polar surface area (TPSA) is 90.0 Å². The average Bonchev–Trinajstić information content (AvgIpc) is 3.03. The molecule has 2 aromatic heterocycles. The number of aromatic nitrogens is 4. The van der Waals surface area contributed by atoms with Crippen molar-refractivity contribution in [2.75, 3.05) is 6.61 Å². The number of hydrogen-bond acceptors (Lipinski definition) is 6. The number of hydrogen-bond donors (Lipinski definition) is 1. The van der Waals surface area contributed by atoms with Crippen LogP contribution >= 0.6 is 0 Å². The van der Waals surface area contributed by atoms with E-state index in [1.165, 1.54) is 24.4 Å². The van der Waals surface area contributed by atoms with Crippen LogP contribution in [-0.4, -0.2) is 39.3 Å². The molecule has 0 aliphatic rings. The van der Waals surface area contributed by atoms with Gasteiger partial charge in [0.25, 0.3) is 0 Å². The Balaban J connectivity index is 1.96. The number of alkyl halides is 3. The predicted octanol–water partition coefficient (Wildman–Crippen LogP) is 3.10. The fourth-order valence-corrected chi connectivity index (χ4v) is 2.20. The first kappa shape index (κ1) is 16.7. The number of pyridine rings is 1. The van der Waals surface area contributed by atoms with Gasteiger partial charge in [-0.25, -0.2) is 4.79 Å². The van der Waals surface area contributed by atoms with Crippen molar-refractivity contribution in [2.45, 2.75) is 13.3 Å². The summed E-state index contributed by atoms with van der Waals surface area (Å²) in [5, 5.41) is 11.0. The van der Waals surface area contributed by atoms with Crippen molar-refractivity contribution in [3.63, 3.8) is 0 Å². The SMILES string of the molecule is CCOC(=O)c1n[nH]nc1-c1cc2ccc(OC(F)(F)F)cc2cn1. The third kappa shape index (κ3) is 3.67. The lowest BCUT2D eigenvalue weighted by Gasteiger charge is -2.09. The van der Waals surface area contributed by atoms with Crippen molar-refractivity contribution in [1.29, 1.82) is 0 Å². The van der Waals surface area contributed by atoms with Gasteiger partial charge in [-0.15, -0.1) is 18.3 Å². The molecule has 1 aromatic carbocycles. The molecule has 3 rings (SSSR count). The molecule has 0 aliphatic carbocycles. The van der Waals surface area contributed by atoms with Crippen molar-refractivity contribution >= 4 is 16.7 Å². The molecule has 1 N–H and O–H groups in total. The first-order valence-corrected chi connectivity index (χ1v) is 7.11. The maximum atomic E-state index is 12.3. The zero-order valence-electron chi connectivity index (χ0n) is 12.8. The molecule has 0 saturated carbocycles. The maximum absolute atomic E-state index is 12.3. The highest BCUT2D eigenvalue weighted by atomic mass is 19.4. The van der Waals surface area contributed by atoms with Gasteiger partial charge in [0.15, 0.2) is 5.69 Å². The summed E-state index contributed by atoms with van der Waals surface area (Å²) in [6.07, 6.45) is -3.41. The van der Waals surface area contributed by atoms with Crippen LogP contribution in [0.1, 0.15) is 17.4 Å².